The zero-order valence-electron chi connectivity index (χ0n) is 9.31. The molecule has 0 amide bonds. The van der Waals surface area contributed by atoms with Crippen molar-refractivity contribution in [3.05, 3.63) is 5.89 Å². The molecule has 0 aliphatic heterocycles. The van der Waals surface area contributed by atoms with Crippen molar-refractivity contribution in [1.82, 2.24) is 10.2 Å². The maximum absolute atomic E-state index is 5.48. The molecule has 2 rings (SSSR count). The van der Waals surface area contributed by atoms with Crippen molar-refractivity contribution in [2.75, 3.05) is 11.4 Å². The standard InChI is InChI=1S/C10H18N4O/c1-7(2)6-14(8-3-4-8)10-13-12-9(5-11)15-10/h7-8H,3-6,11H2,1-2H3. The van der Waals surface area contributed by atoms with Crippen molar-refractivity contribution in [2.24, 2.45) is 11.7 Å². The van der Waals surface area contributed by atoms with E-state index in [1.54, 1.807) is 0 Å². The lowest BCUT2D eigenvalue weighted by Crippen LogP contribution is -2.30. The number of hydrogen-bond acceptors (Lipinski definition) is 5. The fourth-order valence-corrected chi connectivity index (χ4v) is 1.61. The van der Waals surface area contributed by atoms with Crippen molar-refractivity contribution in [1.29, 1.82) is 0 Å². The third-order valence-electron chi connectivity index (χ3n) is 2.43. The van der Waals surface area contributed by atoms with Crippen LogP contribution in [0, 0.1) is 5.92 Å². The number of hydrogen-bond donors (Lipinski definition) is 1. The van der Waals surface area contributed by atoms with E-state index >= 15 is 0 Å². The Bertz CT molecular complexity index is 319. The summed E-state index contributed by atoms with van der Waals surface area (Å²) in [5.74, 6) is 1.11. The van der Waals surface area contributed by atoms with Crippen molar-refractivity contribution < 1.29 is 4.42 Å². The van der Waals surface area contributed by atoms with E-state index in [2.05, 4.69) is 28.9 Å². The van der Waals surface area contributed by atoms with Gasteiger partial charge in [0.2, 0.25) is 5.89 Å². The van der Waals surface area contributed by atoms with Crippen molar-refractivity contribution in [2.45, 2.75) is 39.3 Å². The third-order valence-corrected chi connectivity index (χ3v) is 2.43. The summed E-state index contributed by atoms with van der Waals surface area (Å²) >= 11 is 0. The van der Waals surface area contributed by atoms with Crippen LogP contribution in [0.15, 0.2) is 4.42 Å². The molecule has 1 aromatic rings. The molecule has 1 saturated carbocycles. The van der Waals surface area contributed by atoms with Crippen LogP contribution >= 0.6 is 0 Å². The minimum Gasteiger partial charge on any atom is -0.407 e. The summed E-state index contributed by atoms with van der Waals surface area (Å²) in [6.07, 6.45) is 2.46. The Morgan fingerprint density at radius 1 is 1.47 bits per heavy atom. The maximum atomic E-state index is 5.48. The van der Waals surface area contributed by atoms with Crippen LogP contribution in [0.4, 0.5) is 6.01 Å². The van der Waals surface area contributed by atoms with E-state index in [4.69, 9.17) is 10.2 Å². The van der Waals surface area contributed by atoms with E-state index in [-0.39, 0.29) is 0 Å². The van der Waals surface area contributed by atoms with Crippen LogP contribution in [0.1, 0.15) is 32.6 Å². The zero-order valence-corrected chi connectivity index (χ0v) is 9.31. The molecule has 0 saturated heterocycles. The first kappa shape index (κ1) is 10.4. The summed E-state index contributed by atoms with van der Waals surface area (Å²) in [5.41, 5.74) is 5.44. The van der Waals surface area contributed by atoms with E-state index in [1.165, 1.54) is 12.8 Å². The number of rotatable bonds is 5. The predicted molar refractivity (Wildman–Crippen MR) is 57.4 cm³/mol. The largest absolute Gasteiger partial charge is 0.407 e. The average molecular weight is 210 g/mol. The normalized spacial score (nSPS) is 16.0. The summed E-state index contributed by atoms with van der Waals surface area (Å²) in [6.45, 7) is 5.66. The average Bonchev–Trinajstić information content (AvgIpc) is 2.92. The van der Waals surface area contributed by atoms with E-state index in [1.807, 2.05) is 0 Å². The van der Waals surface area contributed by atoms with Crippen LogP contribution in [0.5, 0.6) is 0 Å². The fourth-order valence-electron chi connectivity index (χ4n) is 1.61. The molecule has 1 aliphatic carbocycles. The Hall–Kier alpha value is -1.10. The van der Waals surface area contributed by atoms with Gasteiger partial charge >= 0.3 is 6.01 Å². The Balaban J connectivity index is 2.09. The third kappa shape index (κ3) is 2.47. The van der Waals surface area contributed by atoms with Gasteiger partial charge in [0.1, 0.15) is 0 Å². The summed E-state index contributed by atoms with van der Waals surface area (Å²) in [5, 5.41) is 7.92. The highest BCUT2D eigenvalue weighted by atomic mass is 16.4. The van der Waals surface area contributed by atoms with Gasteiger partial charge in [-0.05, 0) is 18.8 Å². The lowest BCUT2D eigenvalue weighted by Gasteiger charge is -2.21. The van der Waals surface area contributed by atoms with E-state index in [0.717, 1.165) is 6.54 Å². The zero-order chi connectivity index (χ0) is 10.8. The first-order chi connectivity index (χ1) is 7.20. The van der Waals surface area contributed by atoms with Gasteiger partial charge in [-0.1, -0.05) is 18.9 Å². The molecule has 0 spiro atoms. The van der Waals surface area contributed by atoms with Gasteiger partial charge in [0.05, 0.1) is 6.54 Å². The van der Waals surface area contributed by atoms with Crippen LogP contribution in [-0.4, -0.2) is 22.8 Å². The minimum atomic E-state index is 0.313. The lowest BCUT2D eigenvalue weighted by atomic mass is 10.2. The van der Waals surface area contributed by atoms with Crippen molar-refractivity contribution in [3.63, 3.8) is 0 Å². The van der Waals surface area contributed by atoms with Gasteiger partial charge in [-0.15, -0.1) is 5.10 Å². The lowest BCUT2D eigenvalue weighted by molar-refractivity contribution is 0.469. The molecule has 1 fully saturated rings. The minimum absolute atomic E-state index is 0.313. The maximum Gasteiger partial charge on any atom is 0.318 e. The monoisotopic (exact) mass is 210 g/mol. The van der Waals surface area contributed by atoms with Gasteiger partial charge in [-0.2, -0.15) is 0 Å². The molecule has 1 aliphatic rings. The first-order valence-electron chi connectivity index (χ1n) is 5.49. The first-order valence-corrected chi connectivity index (χ1v) is 5.49. The van der Waals surface area contributed by atoms with Crippen LogP contribution in [0.3, 0.4) is 0 Å². The second kappa shape index (κ2) is 4.18. The number of anilines is 1. The molecule has 0 unspecified atom stereocenters. The highest BCUT2D eigenvalue weighted by Crippen LogP contribution is 2.31. The summed E-state index contributed by atoms with van der Waals surface area (Å²) < 4.78 is 5.48. The van der Waals surface area contributed by atoms with Crippen LogP contribution in [0.2, 0.25) is 0 Å². The Morgan fingerprint density at radius 2 is 2.20 bits per heavy atom. The van der Waals surface area contributed by atoms with E-state index < -0.39 is 0 Å². The molecular weight excluding hydrogens is 192 g/mol. The Kier molecular flexibility index (Phi) is 2.90. The second-order valence-corrected chi connectivity index (χ2v) is 4.46. The molecule has 0 aromatic carbocycles. The molecular formula is C10H18N4O. The van der Waals surface area contributed by atoms with Gasteiger partial charge < -0.3 is 15.1 Å². The van der Waals surface area contributed by atoms with Gasteiger partial charge in [0.25, 0.3) is 0 Å². The number of nitrogens with two attached hydrogens (primary N) is 1. The molecule has 15 heavy (non-hydrogen) atoms. The second-order valence-electron chi connectivity index (χ2n) is 4.46. The molecule has 84 valence electrons. The predicted octanol–water partition coefficient (Wildman–Crippen LogP) is 1.15. The van der Waals surface area contributed by atoms with Crippen LogP contribution in [-0.2, 0) is 6.54 Å². The highest BCUT2D eigenvalue weighted by Gasteiger charge is 2.32. The van der Waals surface area contributed by atoms with Crippen LogP contribution in [0.25, 0.3) is 0 Å². The van der Waals surface area contributed by atoms with Crippen molar-refractivity contribution in [3.8, 4) is 0 Å². The smallest absolute Gasteiger partial charge is 0.318 e. The molecule has 0 atom stereocenters. The molecule has 1 aromatic heterocycles. The molecule has 2 N–H and O–H groups in total. The highest BCUT2D eigenvalue weighted by molar-refractivity contribution is 5.29. The molecule has 5 heteroatoms. The van der Waals surface area contributed by atoms with Crippen molar-refractivity contribution >= 4 is 6.01 Å². The fraction of sp³-hybridized carbons (Fsp3) is 0.800. The van der Waals surface area contributed by atoms with Crippen LogP contribution < -0.4 is 10.6 Å². The molecule has 5 nitrogen and oxygen atoms in total. The molecule has 0 radical (unpaired) electrons. The van der Waals surface area contributed by atoms with Gasteiger partial charge in [0, 0.05) is 12.6 Å². The summed E-state index contributed by atoms with van der Waals surface area (Å²) in [4.78, 5) is 2.21. The number of nitrogens with zero attached hydrogens (tertiary/aromatic N) is 3. The Labute approximate surface area is 89.6 Å². The topological polar surface area (TPSA) is 68.2 Å². The number of aromatic nitrogens is 2. The van der Waals surface area contributed by atoms with Gasteiger partial charge in [0.15, 0.2) is 0 Å². The Morgan fingerprint density at radius 3 is 2.67 bits per heavy atom. The SMILES string of the molecule is CC(C)CN(c1nnc(CN)o1)C1CC1. The van der Waals surface area contributed by atoms with E-state index in [0.29, 0.717) is 30.4 Å². The summed E-state index contributed by atoms with van der Waals surface area (Å²) in [6, 6.07) is 1.23. The summed E-state index contributed by atoms with van der Waals surface area (Å²) in [7, 11) is 0. The molecule has 0 bridgehead atoms. The molecule has 1 heterocycles. The van der Waals surface area contributed by atoms with Gasteiger partial charge in [-0.3, -0.25) is 0 Å². The quantitative estimate of drug-likeness (QED) is 0.789. The van der Waals surface area contributed by atoms with E-state index in [9.17, 15) is 0 Å². The van der Waals surface area contributed by atoms with Gasteiger partial charge in [-0.25, -0.2) is 0 Å².